The summed E-state index contributed by atoms with van der Waals surface area (Å²) in [6, 6.07) is 50.8. The second-order valence-corrected chi connectivity index (χ2v) is 15.7. The molecule has 3 aliphatic rings. The van der Waals surface area contributed by atoms with Crippen molar-refractivity contribution < 1.29 is 9.90 Å². The molecule has 0 saturated heterocycles. The van der Waals surface area contributed by atoms with Gasteiger partial charge in [0.15, 0.2) is 0 Å². The summed E-state index contributed by atoms with van der Waals surface area (Å²) in [6.45, 7) is 5.09. The summed E-state index contributed by atoms with van der Waals surface area (Å²) in [5.41, 5.74) is 12.3. The number of rotatable bonds is 9. The molecule has 0 amide bonds. The standard InChI is InChI=1S/C50H46N2O2/c1-50(2)47(51(31-30-48(53)54)46-28-24-38-16-9-10-17-40(38)49(46)50)29-23-35-22-27-45-43(33-35)41-18-11-19-44(41)52(45)39-25-20-34(21-26-39)32-42(36-12-5-3-6-13-36)37-14-7-4-8-15-37/h3-10,12-17,20-29,32-33,41,44,47H,11,18-19,30-31H2,1-2H3,(H,53,54). The fourth-order valence-electron chi connectivity index (χ4n) is 9.67. The highest BCUT2D eigenvalue weighted by Crippen LogP contribution is 2.53. The van der Waals surface area contributed by atoms with Crippen LogP contribution in [0, 0.1) is 0 Å². The van der Waals surface area contributed by atoms with Gasteiger partial charge >= 0.3 is 5.97 Å². The average molecular weight is 707 g/mol. The number of carboxylic acids is 1. The fourth-order valence-corrected chi connectivity index (χ4v) is 9.67. The third kappa shape index (κ3) is 6.00. The van der Waals surface area contributed by atoms with E-state index in [0.717, 1.165) is 5.69 Å². The van der Waals surface area contributed by atoms with Crippen molar-refractivity contribution in [1.29, 1.82) is 0 Å². The number of aliphatic carboxylic acids is 1. The first-order valence-corrected chi connectivity index (χ1v) is 19.4. The molecule has 1 saturated carbocycles. The van der Waals surface area contributed by atoms with Gasteiger partial charge in [0.05, 0.1) is 12.5 Å². The van der Waals surface area contributed by atoms with E-state index in [0.29, 0.717) is 18.5 Å². The van der Waals surface area contributed by atoms with Crippen LogP contribution in [0.4, 0.5) is 17.1 Å². The number of hydrogen-bond donors (Lipinski definition) is 1. The van der Waals surface area contributed by atoms with Crippen molar-refractivity contribution in [3.05, 3.63) is 179 Å². The molecule has 1 fully saturated rings. The van der Waals surface area contributed by atoms with E-state index < -0.39 is 5.97 Å². The van der Waals surface area contributed by atoms with Crippen molar-refractivity contribution in [2.45, 2.75) is 62.9 Å². The van der Waals surface area contributed by atoms with Crippen molar-refractivity contribution in [3.8, 4) is 0 Å². The van der Waals surface area contributed by atoms with Crippen LogP contribution in [-0.4, -0.2) is 29.7 Å². The van der Waals surface area contributed by atoms with Crippen LogP contribution in [0.15, 0.2) is 146 Å². The van der Waals surface area contributed by atoms with Crippen LogP contribution in [0.2, 0.25) is 0 Å². The number of benzene rings is 6. The lowest BCUT2D eigenvalue weighted by atomic mass is 9.78. The van der Waals surface area contributed by atoms with Crippen LogP contribution < -0.4 is 9.80 Å². The highest BCUT2D eigenvalue weighted by Gasteiger charge is 2.45. The van der Waals surface area contributed by atoms with Gasteiger partial charge in [-0.25, -0.2) is 0 Å². The molecule has 0 bridgehead atoms. The van der Waals surface area contributed by atoms with Crippen molar-refractivity contribution >= 4 is 51.5 Å². The van der Waals surface area contributed by atoms with Gasteiger partial charge in [0.25, 0.3) is 0 Å². The van der Waals surface area contributed by atoms with Crippen LogP contribution in [0.3, 0.4) is 0 Å². The molecular formula is C50H46N2O2. The molecule has 9 rings (SSSR count). The Morgan fingerprint density at radius 2 is 1.43 bits per heavy atom. The first kappa shape index (κ1) is 33.9. The Hall–Kier alpha value is -5.87. The van der Waals surface area contributed by atoms with E-state index >= 15 is 0 Å². The monoisotopic (exact) mass is 706 g/mol. The van der Waals surface area contributed by atoms with E-state index in [4.69, 9.17) is 0 Å². The molecule has 0 radical (unpaired) electrons. The molecule has 268 valence electrons. The number of hydrogen-bond acceptors (Lipinski definition) is 3. The Bertz CT molecular complexity index is 2350. The molecule has 0 spiro atoms. The maximum Gasteiger partial charge on any atom is 0.305 e. The molecule has 3 atom stereocenters. The average Bonchev–Trinajstić information content (AvgIpc) is 3.86. The van der Waals surface area contributed by atoms with Gasteiger partial charge in [-0.1, -0.05) is 142 Å². The largest absolute Gasteiger partial charge is 0.481 e. The lowest BCUT2D eigenvalue weighted by Crippen LogP contribution is -2.41. The van der Waals surface area contributed by atoms with Crippen molar-refractivity contribution in [2.75, 3.05) is 16.3 Å². The van der Waals surface area contributed by atoms with Gasteiger partial charge in [-0.3, -0.25) is 4.79 Å². The first-order valence-electron chi connectivity index (χ1n) is 19.4. The number of fused-ring (bicyclic) bond motifs is 6. The highest BCUT2D eigenvalue weighted by atomic mass is 16.4. The maximum absolute atomic E-state index is 11.8. The number of anilines is 3. The molecular weight excluding hydrogens is 661 g/mol. The summed E-state index contributed by atoms with van der Waals surface area (Å²) in [4.78, 5) is 16.7. The van der Waals surface area contributed by atoms with Crippen LogP contribution >= 0.6 is 0 Å². The van der Waals surface area contributed by atoms with E-state index in [2.05, 4.69) is 181 Å². The van der Waals surface area contributed by atoms with Gasteiger partial charge in [-0.15, -0.1) is 0 Å². The second-order valence-electron chi connectivity index (χ2n) is 15.7. The molecule has 2 aliphatic heterocycles. The van der Waals surface area contributed by atoms with E-state index in [1.54, 1.807) is 0 Å². The smallest absolute Gasteiger partial charge is 0.305 e. The minimum Gasteiger partial charge on any atom is -0.481 e. The Balaban J connectivity index is 1.02. The van der Waals surface area contributed by atoms with Crippen LogP contribution in [0.5, 0.6) is 0 Å². The SMILES string of the molecule is CC1(C)c2c(ccc3ccccc23)N(CCC(=O)O)C1C=Cc1ccc2c(c1)C1CCCC1N2c1ccc(C=C(c2ccccc2)c2ccccc2)cc1. The zero-order valence-corrected chi connectivity index (χ0v) is 31.0. The predicted molar refractivity (Wildman–Crippen MR) is 225 cm³/mol. The summed E-state index contributed by atoms with van der Waals surface area (Å²) in [5.74, 6) is -0.254. The summed E-state index contributed by atoms with van der Waals surface area (Å²) >= 11 is 0. The van der Waals surface area contributed by atoms with Crippen molar-refractivity contribution in [2.24, 2.45) is 0 Å². The Morgan fingerprint density at radius 3 is 2.15 bits per heavy atom. The van der Waals surface area contributed by atoms with Gasteiger partial charge in [0.2, 0.25) is 0 Å². The van der Waals surface area contributed by atoms with Crippen LogP contribution in [0.1, 0.15) is 78.8 Å². The zero-order valence-electron chi connectivity index (χ0n) is 31.0. The topological polar surface area (TPSA) is 43.8 Å². The molecule has 4 heteroatoms. The lowest BCUT2D eigenvalue weighted by molar-refractivity contribution is -0.136. The molecule has 0 aromatic heterocycles. The van der Waals surface area contributed by atoms with E-state index in [1.807, 2.05) is 0 Å². The van der Waals surface area contributed by atoms with Gasteiger partial charge < -0.3 is 14.9 Å². The highest BCUT2D eigenvalue weighted by molar-refractivity contribution is 5.94. The molecule has 2 heterocycles. The molecule has 3 unspecified atom stereocenters. The summed E-state index contributed by atoms with van der Waals surface area (Å²) in [7, 11) is 0. The van der Waals surface area contributed by atoms with E-state index in [9.17, 15) is 9.90 Å². The fraction of sp³-hybridized carbons (Fsp3) is 0.220. The molecule has 1 N–H and O–H groups in total. The Morgan fingerprint density at radius 1 is 0.759 bits per heavy atom. The van der Waals surface area contributed by atoms with Gasteiger partial charge in [0.1, 0.15) is 0 Å². The predicted octanol–water partition coefficient (Wildman–Crippen LogP) is 11.9. The molecule has 6 aromatic carbocycles. The number of nitrogens with zero attached hydrogens (tertiary/aromatic N) is 2. The maximum atomic E-state index is 11.8. The minimum atomic E-state index is -0.769. The second kappa shape index (κ2) is 13.8. The van der Waals surface area contributed by atoms with Crippen LogP contribution in [-0.2, 0) is 10.2 Å². The number of carbonyl (C=O) groups is 1. The van der Waals surface area contributed by atoms with E-state index in [1.165, 1.54) is 80.4 Å². The third-order valence-corrected chi connectivity index (χ3v) is 12.1. The quantitative estimate of drug-likeness (QED) is 0.152. The Labute approximate surface area is 318 Å². The minimum absolute atomic E-state index is 0.0264. The summed E-state index contributed by atoms with van der Waals surface area (Å²) in [6.07, 6.45) is 10.6. The summed E-state index contributed by atoms with van der Waals surface area (Å²) in [5, 5.41) is 12.1. The number of carboxylic acid groups (broad SMARTS) is 1. The van der Waals surface area contributed by atoms with Crippen molar-refractivity contribution in [3.63, 3.8) is 0 Å². The lowest BCUT2D eigenvalue weighted by Gasteiger charge is -2.32. The molecule has 54 heavy (non-hydrogen) atoms. The first-order chi connectivity index (χ1) is 26.4. The van der Waals surface area contributed by atoms with Crippen molar-refractivity contribution in [1.82, 2.24) is 0 Å². The zero-order chi connectivity index (χ0) is 36.8. The third-order valence-electron chi connectivity index (χ3n) is 12.1. The summed E-state index contributed by atoms with van der Waals surface area (Å²) < 4.78 is 0. The van der Waals surface area contributed by atoms with Gasteiger partial charge in [-0.2, -0.15) is 0 Å². The van der Waals surface area contributed by atoms with Gasteiger partial charge in [0, 0.05) is 41.0 Å². The van der Waals surface area contributed by atoms with E-state index in [-0.39, 0.29) is 17.9 Å². The molecule has 1 aliphatic carbocycles. The normalized spacial score (nSPS) is 19.6. The Kier molecular flexibility index (Phi) is 8.70. The molecule has 4 nitrogen and oxygen atoms in total. The molecule has 6 aromatic rings. The van der Waals surface area contributed by atoms with Gasteiger partial charge in [-0.05, 0) is 99.0 Å². The van der Waals surface area contributed by atoms with Crippen LogP contribution in [0.25, 0.3) is 28.5 Å².